The van der Waals surface area contributed by atoms with Gasteiger partial charge in [0.25, 0.3) is 0 Å². The van der Waals surface area contributed by atoms with Crippen LogP contribution in [0.2, 0.25) is 10.0 Å². The molecule has 0 fully saturated rings. The molecule has 0 saturated carbocycles. The van der Waals surface area contributed by atoms with Crippen LogP contribution < -0.4 is 0 Å². The smallest absolute Gasteiger partial charge is 0.311 e. The van der Waals surface area contributed by atoms with Crippen LogP contribution in [0.5, 0.6) is 0 Å². The predicted octanol–water partition coefficient (Wildman–Crippen LogP) is 5.09. The molecule has 0 radical (unpaired) electrons. The number of rotatable bonds is 3. The molecule has 0 bridgehead atoms. The number of carboxylic acid groups (broad SMARTS) is 1. The van der Waals surface area contributed by atoms with Gasteiger partial charge < -0.3 is 5.11 Å². The normalized spacial score (nSPS) is 17.1. The number of carboxylic acids is 1. The molecule has 0 aromatic heterocycles. The zero-order valence-corrected chi connectivity index (χ0v) is 13.5. The van der Waals surface area contributed by atoms with Crippen molar-refractivity contribution in [2.75, 3.05) is 0 Å². The van der Waals surface area contributed by atoms with E-state index in [1.54, 1.807) is 0 Å². The van der Waals surface area contributed by atoms with Crippen LogP contribution in [-0.2, 0) is 17.6 Å². The van der Waals surface area contributed by atoms with Crippen LogP contribution in [0.25, 0.3) is 0 Å². The van der Waals surface area contributed by atoms with Crippen LogP contribution in [0.15, 0.2) is 36.4 Å². The molecule has 22 heavy (non-hydrogen) atoms. The van der Waals surface area contributed by atoms with E-state index in [1.807, 2.05) is 36.4 Å². The predicted molar refractivity (Wildman–Crippen MR) is 89.0 cm³/mol. The van der Waals surface area contributed by atoms with E-state index >= 15 is 0 Å². The second-order valence-corrected chi connectivity index (χ2v) is 6.51. The minimum Gasteiger partial charge on any atom is -0.481 e. The first-order valence-corrected chi connectivity index (χ1v) is 8.09. The lowest BCUT2D eigenvalue weighted by Crippen LogP contribution is -2.19. The average Bonchev–Trinajstić information content (AvgIpc) is 2.51. The summed E-state index contributed by atoms with van der Waals surface area (Å²) < 4.78 is 0. The van der Waals surface area contributed by atoms with Gasteiger partial charge in [-0.2, -0.15) is 0 Å². The third kappa shape index (κ3) is 2.99. The second-order valence-electron chi connectivity index (χ2n) is 5.70. The van der Waals surface area contributed by atoms with Gasteiger partial charge in [0.1, 0.15) is 0 Å². The van der Waals surface area contributed by atoms with Gasteiger partial charge >= 0.3 is 5.97 Å². The quantitative estimate of drug-likeness (QED) is 0.848. The summed E-state index contributed by atoms with van der Waals surface area (Å²) in [5, 5.41) is 10.8. The molecule has 2 nitrogen and oxygen atoms in total. The molecule has 0 saturated heterocycles. The zero-order valence-electron chi connectivity index (χ0n) is 12.0. The van der Waals surface area contributed by atoms with Crippen molar-refractivity contribution in [1.82, 2.24) is 0 Å². The molecule has 1 unspecified atom stereocenters. The van der Waals surface area contributed by atoms with Gasteiger partial charge in [0, 0.05) is 10.0 Å². The number of hydrogen-bond acceptors (Lipinski definition) is 1. The maximum atomic E-state index is 11.5. The van der Waals surface area contributed by atoms with Crippen LogP contribution in [0.4, 0.5) is 0 Å². The first kappa shape index (κ1) is 15.4. The van der Waals surface area contributed by atoms with Gasteiger partial charge in [0.15, 0.2) is 0 Å². The lowest BCUT2D eigenvalue weighted by molar-refractivity contribution is -0.139. The third-order valence-electron chi connectivity index (χ3n) is 4.24. The van der Waals surface area contributed by atoms with Crippen LogP contribution >= 0.6 is 23.2 Å². The van der Waals surface area contributed by atoms with E-state index in [-0.39, 0.29) is 0 Å². The minimum absolute atomic E-state index is 0.485. The van der Waals surface area contributed by atoms with Gasteiger partial charge in [-0.15, -0.1) is 0 Å². The van der Waals surface area contributed by atoms with Gasteiger partial charge in [-0.1, -0.05) is 47.5 Å². The lowest BCUT2D eigenvalue weighted by Gasteiger charge is -2.25. The second kappa shape index (κ2) is 6.31. The Morgan fingerprint density at radius 1 is 1.14 bits per heavy atom. The summed E-state index contributed by atoms with van der Waals surface area (Å²) in [5.41, 5.74) is 3.96. The van der Waals surface area contributed by atoms with Gasteiger partial charge in [0.05, 0.1) is 5.92 Å². The van der Waals surface area contributed by atoms with Gasteiger partial charge in [-0.05, 0) is 60.1 Å². The SMILES string of the molecule is O=C(O)C1CCCc2ccc(Cc3ccc(Cl)cc3)c(Cl)c21. The molecule has 1 atom stereocenters. The molecule has 0 aliphatic heterocycles. The van der Waals surface area contributed by atoms with Crippen molar-refractivity contribution < 1.29 is 9.90 Å². The Bertz CT molecular complexity index is 708. The number of carbonyl (C=O) groups is 1. The molecule has 1 aliphatic rings. The monoisotopic (exact) mass is 334 g/mol. The van der Waals surface area contributed by atoms with E-state index in [2.05, 4.69) is 0 Å². The summed E-state index contributed by atoms with van der Waals surface area (Å²) in [6.07, 6.45) is 3.14. The Balaban J connectivity index is 1.98. The van der Waals surface area contributed by atoms with Crippen molar-refractivity contribution in [2.24, 2.45) is 0 Å². The highest BCUT2D eigenvalue weighted by Gasteiger charge is 2.29. The summed E-state index contributed by atoms with van der Waals surface area (Å²) in [5.74, 6) is -1.27. The van der Waals surface area contributed by atoms with E-state index < -0.39 is 11.9 Å². The molecule has 0 amide bonds. The topological polar surface area (TPSA) is 37.3 Å². The summed E-state index contributed by atoms with van der Waals surface area (Å²) in [7, 11) is 0. The molecule has 2 aromatic carbocycles. The fourth-order valence-electron chi connectivity index (χ4n) is 3.12. The van der Waals surface area contributed by atoms with Crippen LogP contribution in [0.3, 0.4) is 0 Å². The first-order valence-electron chi connectivity index (χ1n) is 7.33. The van der Waals surface area contributed by atoms with E-state index in [0.29, 0.717) is 22.9 Å². The number of hydrogen-bond donors (Lipinski definition) is 1. The molecule has 3 rings (SSSR count). The standard InChI is InChI=1S/C18H16Cl2O2/c19-14-8-4-11(5-9-14)10-13-7-6-12-2-1-3-15(18(21)22)16(12)17(13)20/h4-9,15H,1-3,10H2,(H,21,22). The number of fused-ring (bicyclic) bond motifs is 1. The molecular formula is C18H16Cl2O2. The zero-order chi connectivity index (χ0) is 15.7. The maximum absolute atomic E-state index is 11.5. The Kier molecular flexibility index (Phi) is 4.42. The highest BCUT2D eigenvalue weighted by Crippen LogP contribution is 2.39. The summed E-state index contributed by atoms with van der Waals surface area (Å²) in [4.78, 5) is 11.5. The van der Waals surface area contributed by atoms with Gasteiger partial charge in [-0.25, -0.2) is 0 Å². The van der Waals surface area contributed by atoms with Crippen molar-refractivity contribution in [3.05, 3.63) is 68.7 Å². The molecule has 2 aromatic rings. The Morgan fingerprint density at radius 2 is 1.86 bits per heavy atom. The highest BCUT2D eigenvalue weighted by atomic mass is 35.5. The number of halogens is 2. The Hall–Kier alpha value is -1.51. The molecule has 1 N–H and O–H groups in total. The van der Waals surface area contributed by atoms with Crippen LogP contribution in [0.1, 0.15) is 41.0 Å². The summed E-state index contributed by atoms with van der Waals surface area (Å²) >= 11 is 12.5. The number of benzene rings is 2. The molecule has 0 spiro atoms. The average molecular weight is 335 g/mol. The van der Waals surface area contributed by atoms with Crippen LogP contribution in [-0.4, -0.2) is 11.1 Å². The van der Waals surface area contributed by atoms with Crippen LogP contribution in [0, 0.1) is 0 Å². The largest absolute Gasteiger partial charge is 0.481 e. The summed E-state index contributed by atoms with van der Waals surface area (Å²) in [6, 6.07) is 11.7. The van der Waals surface area contributed by atoms with E-state index in [9.17, 15) is 9.90 Å². The molecule has 4 heteroatoms. The van der Waals surface area contributed by atoms with Crippen molar-refractivity contribution >= 4 is 29.2 Å². The number of aryl methyl sites for hydroxylation is 1. The van der Waals surface area contributed by atoms with Gasteiger partial charge in [-0.3, -0.25) is 4.79 Å². The van der Waals surface area contributed by atoms with Crippen molar-refractivity contribution in [3.63, 3.8) is 0 Å². The minimum atomic E-state index is -0.786. The van der Waals surface area contributed by atoms with Crippen molar-refractivity contribution in [1.29, 1.82) is 0 Å². The first-order chi connectivity index (χ1) is 10.6. The fourth-order valence-corrected chi connectivity index (χ4v) is 3.63. The van der Waals surface area contributed by atoms with E-state index in [0.717, 1.165) is 35.1 Å². The van der Waals surface area contributed by atoms with Gasteiger partial charge in [0.2, 0.25) is 0 Å². The Labute approximate surface area is 139 Å². The van der Waals surface area contributed by atoms with E-state index in [1.165, 1.54) is 0 Å². The van der Waals surface area contributed by atoms with Crippen molar-refractivity contribution in [3.8, 4) is 0 Å². The third-order valence-corrected chi connectivity index (χ3v) is 4.94. The highest BCUT2D eigenvalue weighted by molar-refractivity contribution is 6.32. The molecule has 0 heterocycles. The fraction of sp³-hybridized carbons (Fsp3) is 0.278. The van der Waals surface area contributed by atoms with E-state index in [4.69, 9.17) is 23.2 Å². The molecule has 114 valence electrons. The molecular weight excluding hydrogens is 319 g/mol. The lowest BCUT2D eigenvalue weighted by atomic mass is 9.81. The summed E-state index contributed by atoms with van der Waals surface area (Å²) in [6.45, 7) is 0. The Morgan fingerprint density at radius 3 is 2.55 bits per heavy atom. The van der Waals surface area contributed by atoms with Crippen molar-refractivity contribution in [2.45, 2.75) is 31.6 Å². The maximum Gasteiger partial charge on any atom is 0.311 e. The number of aliphatic carboxylic acids is 1. The molecule has 1 aliphatic carbocycles.